The van der Waals surface area contributed by atoms with Gasteiger partial charge in [-0.05, 0) is 0 Å². The molecule has 264 valence electrons. The van der Waals surface area contributed by atoms with Crippen molar-refractivity contribution < 1.29 is 74.7 Å². The van der Waals surface area contributed by atoms with E-state index in [1.807, 2.05) is 0 Å². The van der Waals surface area contributed by atoms with Gasteiger partial charge in [0.25, 0.3) is 0 Å². The third-order valence-corrected chi connectivity index (χ3v) is 6.10. The van der Waals surface area contributed by atoms with Crippen LogP contribution >= 0.6 is 0 Å². The summed E-state index contributed by atoms with van der Waals surface area (Å²) in [6.45, 7) is 8.11. The van der Waals surface area contributed by atoms with Crippen molar-refractivity contribution in [3.63, 3.8) is 0 Å². The number of amides is 3. The lowest BCUT2D eigenvalue weighted by Gasteiger charge is -2.26. The molecule has 0 spiro atoms. The number of nitrogens with one attached hydrogen (secondary N) is 3. The Hall–Kier alpha value is -3.42. The fourth-order valence-corrected chi connectivity index (χ4v) is 2.49. The minimum atomic E-state index is -1.35. The monoisotopic (exact) mass is 657 g/mol. The minimum absolute atomic E-state index is 0.0350. The smallest absolute Gasteiger partial charge is 0.305 e. The Morgan fingerprint density at radius 2 is 0.644 bits per heavy atom. The second-order valence-electron chi connectivity index (χ2n) is 12.0. The first-order chi connectivity index (χ1) is 20.4. The maximum absolute atomic E-state index is 11.3. The van der Waals surface area contributed by atoms with Gasteiger partial charge in [-0.1, -0.05) is 41.5 Å². The largest absolute Gasteiger partial charge is 0.481 e. The van der Waals surface area contributed by atoms with E-state index in [0.717, 1.165) is 0 Å². The molecule has 0 unspecified atom stereocenters. The number of hydrogen-bond acceptors (Lipinski definition) is 12. The standard InChI is InChI=1S/3C9H17NO5/c3*1-9(2,5-11)7(14)8(15)10-4-3-6(12)13/h3*7,11,14H,3-5H2,1-2H3,(H,10,15)(H,12,13)/t3*7-/m000/s1. The van der Waals surface area contributed by atoms with Crippen LogP contribution in [0.15, 0.2) is 0 Å². The summed E-state index contributed by atoms with van der Waals surface area (Å²) in [6.07, 6.45) is -4.64. The Morgan fingerprint density at radius 1 is 0.467 bits per heavy atom. The number of carboxylic acids is 3. The molecule has 18 nitrogen and oxygen atoms in total. The molecule has 0 fully saturated rings. The third kappa shape index (κ3) is 21.0. The Labute approximate surface area is 261 Å². The quantitative estimate of drug-likeness (QED) is 0.0693. The molecule has 0 radical (unpaired) electrons. The molecule has 0 heterocycles. The molecule has 12 N–H and O–H groups in total. The molecule has 0 bridgehead atoms. The maximum atomic E-state index is 11.3. The van der Waals surface area contributed by atoms with Gasteiger partial charge in [0.15, 0.2) is 0 Å². The zero-order valence-electron chi connectivity index (χ0n) is 26.6. The van der Waals surface area contributed by atoms with E-state index in [1.165, 1.54) is 41.5 Å². The number of carbonyl (C=O) groups excluding carboxylic acids is 3. The van der Waals surface area contributed by atoms with E-state index >= 15 is 0 Å². The lowest BCUT2D eigenvalue weighted by molar-refractivity contribution is -0.140. The summed E-state index contributed by atoms with van der Waals surface area (Å²) in [6, 6.07) is 0. The van der Waals surface area contributed by atoms with Crippen LogP contribution in [0.5, 0.6) is 0 Å². The number of aliphatic carboxylic acids is 3. The van der Waals surface area contributed by atoms with Crippen molar-refractivity contribution in [1.29, 1.82) is 0 Å². The second kappa shape index (κ2) is 22.1. The molecule has 45 heavy (non-hydrogen) atoms. The first kappa shape index (κ1) is 46.0. The molecule has 3 amide bonds. The van der Waals surface area contributed by atoms with Gasteiger partial charge in [0.2, 0.25) is 17.7 Å². The average molecular weight is 658 g/mol. The first-order valence-electron chi connectivity index (χ1n) is 13.8. The van der Waals surface area contributed by atoms with Crippen molar-refractivity contribution in [2.45, 2.75) is 79.1 Å². The molecule has 0 aromatic heterocycles. The molecule has 18 heteroatoms. The SMILES string of the molecule is CC(C)(CO)[C@@H](O)C(=O)NCCC(=O)O.CC(C)(CO)[C@@H](O)C(=O)NCCC(=O)O.CC(C)(CO)[C@@H](O)C(=O)NCCC(=O)O. The molecule has 0 saturated carbocycles. The maximum Gasteiger partial charge on any atom is 0.305 e. The molecule has 0 aliphatic carbocycles. The number of aliphatic hydroxyl groups excluding tert-OH is 6. The number of hydrogen-bond donors (Lipinski definition) is 12. The molecule has 0 aliphatic rings. The molecule has 0 aromatic rings. The van der Waals surface area contributed by atoms with Crippen LogP contribution in [-0.4, -0.2) is 139 Å². The van der Waals surface area contributed by atoms with Crippen molar-refractivity contribution in [3.05, 3.63) is 0 Å². The number of carbonyl (C=O) groups is 6. The van der Waals surface area contributed by atoms with Crippen molar-refractivity contribution >= 4 is 35.6 Å². The highest BCUT2D eigenvalue weighted by atomic mass is 16.4. The van der Waals surface area contributed by atoms with Crippen LogP contribution in [0.4, 0.5) is 0 Å². The Kier molecular flexibility index (Phi) is 22.6. The summed E-state index contributed by atoms with van der Waals surface area (Å²) in [4.78, 5) is 64.2. The zero-order chi connectivity index (χ0) is 36.2. The van der Waals surface area contributed by atoms with Gasteiger partial charge in [-0.25, -0.2) is 0 Å². The van der Waals surface area contributed by atoms with Gasteiger partial charge < -0.3 is 61.9 Å². The van der Waals surface area contributed by atoms with Gasteiger partial charge in [-0.2, -0.15) is 0 Å². The van der Waals surface area contributed by atoms with E-state index in [2.05, 4.69) is 16.0 Å². The van der Waals surface area contributed by atoms with Crippen LogP contribution in [0.3, 0.4) is 0 Å². The highest BCUT2D eigenvalue weighted by molar-refractivity contribution is 5.82. The van der Waals surface area contributed by atoms with E-state index in [1.54, 1.807) is 0 Å². The third-order valence-electron chi connectivity index (χ3n) is 6.10. The molecule has 0 rings (SSSR count). The highest BCUT2D eigenvalue weighted by Gasteiger charge is 2.34. The average Bonchev–Trinajstić information content (AvgIpc) is 2.95. The number of aliphatic hydroxyl groups is 6. The summed E-state index contributed by atoms with van der Waals surface area (Å²) in [5, 5.41) is 86.9. The van der Waals surface area contributed by atoms with E-state index in [0.29, 0.717) is 0 Å². The number of carboxylic acid groups (broad SMARTS) is 3. The predicted octanol–water partition coefficient (Wildman–Crippen LogP) is -3.13. The summed E-state index contributed by atoms with van der Waals surface area (Å²) in [5.41, 5.74) is -2.81. The number of rotatable bonds is 18. The molecule has 3 atom stereocenters. The van der Waals surface area contributed by atoms with Gasteiger partial charge >= 0.3 is 17.9 Å². The summed E-state index contributed by atoms with van der Waals surface area (Å²) >= 11 is 0. The highest BCUT2D eigenvalue weighted by Crippen LogP contribution is 2.21. The van der Waals surface area contributed by atoms with Crippen LogP contribution in [0.1, 0.15) is 60.8 Å². The zero-order valence-corrected chi connectivity index (χ0v) is 26.6. The van der Waals surface area contributed by atoms with Gasteiger partial charge in [-0.3, -0.25) is 28.8 Å². The predicted molar refractivity (Wildman–Crippen MR) is 156 cm³/mol. The van der Waals surface area contributed by atoms with Gasteiger partial charge in [0.1, 0.15) is 18.3 Å². The van der Waals surface area contributed by atoms with Crippen molar-refractivity contribution in [1.82, 2.24) is 16.0 Å². The molecular formula is C27H51N3O15. The first-order valence-corrected chi connectivity index (χ1v) is 13.8. The van der Waals surface area contributed by atoms with Crippen molar-refractivity contribution in [2.75, 3.05) is 39.5 Å². The molecular weight excluding hydrogens is 606 g/mol. The van der Waals surface area contributed by atoms with Crippen LogP contribution in [-0.2, 0) is 28.8 Å². The van der Waals surface area contributed by atoms with E-state index < -0.39 is 70.2 Å². The topological polar surface area (TPSA) is 321 Å². The summed E-state index contributed by atoms with van der Waals surface area (Å²) in [5.74, 6) is -5.08. The Morgan fingerprint density at radius 3 is 0.778 bits per heavy atom. The van der Waals surface area contributed by atoms with Crippen LogP contribution in [0, 0.1) is 16.2 Å². The van der Waals surface area contributed by atoms with Crippen molar-refractivity contribution in [2.24, 2.45) is 16.2 Å². The lowest BCUT2D eigenvalue weighted by atomic mass is 9.87. The minimum Gasteiger partial charge on any atom is -0.481 e. The van der Waals surface area contributed by atoms with Crippen LogP contribution in [0.2, 0.25) is 0 Å². The molecule has 0 aromatic carbocycles. The van der Waals surface area contributed by atoms with Gasteiger partial charge in [-0.15, -0.1) is 0 Å². The van der Waals surface area contributed by atoms with Crippen molar-refractivity contribution in [3.8, 4) is 0 Å². The lowest BCUT2D eigenvalue weighted by Crippen LogP contribution is -2.45. The van der Waals surface area contributed by atoms with Gasteiger partial charge in [0, 0.05) is 35.9 Å². The van der Waals surface area contributed by atoms with Crippen LogP contribution in [0.25, 0.3) is 0 Å². The Balaban J connectivity index is -0.000000588. The van der Waals surface area contributed by atoms with E-state index in [4.69, 9.17) is 30.6 Å². The molecule has 0 aliphatic heterocycles. The van der Waals surface area contributed by atoms with E-state index in [-0.39, 0.29) is 58.7 Å². The second-order valence-corrected chi connectivity index (χ2v) is 12.0. The molecule has 0 saturated heterocycles. The fraction of sp³-hybridized carbons (Fsp3) is 0.778. The van der Waals surface area contributed by atoms with Gasteiger partial charge in [0.05, 0.1) is 39.1 Å². The van der Waals surface area contributed by atoms with Crippen LogP contribution < -0.4 is 16.0 Å². The summed E-state index contributed by atoms with van der Waals surface area (Å²) in [7, 11) is 0. The fourth-order valence-electron chi connectivity index (χ4n) is 2.49. The summed E-state index contributed by atoms with van der Waals surface area (Å²) < 4.78 is 0. The van der Waals surface area contributed by atoms with E-state index in [9.17, 15) is 44.1 Å². The normalized spacial score (nSPS) is 13.3. The Bertz CT molecular complexity index is 835.